The molecular formula is C56H76O9. The minimum absolute atomic E-state index is 0.00663. The molecule has 9 nitrogen and oxygen atoms in total. The number of hydrogen-bond acceptors (Lipinski definition) is 9. The molecule has 1 aromatic carbocycles. The molecule has 65 heavy (non-hydrogen) atoms. The van der Waals surface area contributed by atoms with Crippen molar-refractivity contribution in [1.82, 2.24) is 0 Å². The Morgan fingerprint density at radius 3 is 2.42 bits per heavy atom. The smallest absolute Gasteiger partial charge is 0.163 e. The van der Waals surface area contributed by atoms with Crippen LogP contribution in [-0.4, -0.2) is 86.4 Å². The molecule has 0 amide bonds. The van der Waals surface area contributed by atoms with E-state index >= 15 is 4.79 Å². The molecule has 354 valence electrons. The first-order valence-electron chi connectivity index (χ1n) is 25.7. The van der Waals surface area contributed by atoms with Gasteiger partial charge in [0.05, 0.1) is 36.6 Å². The summed E-state index contributed by atoms with van der Waals surface area (Å²) in [5.41, 5.74) is -3.10. The first-order valence-corrected chi connectivity index (χ1v) is 25.7. The number of aliphatic hydroxyl groups excluding tert-OH is 5. The maximum atomic E-state index is 16.4. The summed E-state index contributed by atoms with van der Waals surface area (Å²) in [5, 5.41) is 74.9. The van der Waals surface area contributed by atoms with E-state index in [9.17, 15) is 35.4 Å². The first kappa shape index (κ1) is 45.0. The number of methoxy groups -OCH3 is 1. The third-order valence-electron chi connectivity index (χ3n) is 22.4. The molecule has 0 unspecified atom stereocenters. The maximum Gasteiger partial charge on any atom is 0.163 e. The van der Waals surface area contributed by atoms with Crippen LogP contribution < -0.4 is 10.4 Å². The fraction of sp³-hybridized carbons (Fsp3) is 0.750. The predicted octanol–water partition coefficient (Wildman–Crippen LogP) is 6.27. The van der Waals surface area contributed by atoms with Crippen molar-refractivity contribution in [3.63, 3.8) is 0 Å². The van der Waals surface area contributed by atoms with E-state index in [4.69, 9.17) is 4.74 Å². The zero-order valence-corrected chi connectivity index (χ0v) is 39.8. The van der Waals surface area contributed by atoms with Crippen LogP contribution in [0.1, 0.15) is 153 Å². The molecule has 0 heterocycles. The van der Waals surface area contributed by atoms with E-state index in [0.717, 1.165) is 55.4 Å². The molecule has 7 fully saturated rings. The number of aliphatic hydroxyl groups is 6. The molecule has 7 saturated carbocycles. The van der Waals surface area contributed by atoms with E-state index in [1.54, 1.807) is 14.0 Å². The van der Waals surface area contributed by atoms with Gasteiger partial charge in [0.1, 0.15) is 0 Å². The highest BCUT2D eigenvalue weighted by molar-refractivity contribution is 5.97. The van der Waals surface area contributed by atoms with Gasteiger partial charge < -0.3 is 35.4 Å². The molecule has 0 aliphatic heterocycles. The van der Waals surface area contributed by atoms with E-state index in [0.29, 0.717) is 69.1 Å². The Morgan fingerprint density at radius 1 is 0.908 bits per heavy atom. The fourth-order valence-corrected chi connectivity index (χ4v) is 20.5. The van der Waals surface area contributed by atoms with Gasteiger partial charge in [-0.1, -0.05) is 64.0 Å². The second kappa shape index (κ2) is 14.5. The second-order valence-electron chi connectivity index (χ2n) is 24.9. The Bertz CT molecular complexity index is 2380. The first-order chi connectivity index (χ1) is 30.8. The zero-order chi connectivity index (χ0) is 46.1. The van der Waals surface area contributed by atoms with Crippen LogP contribution in [-0.2, 0) is 9.53 Å². The number of rotatable bonds is 8. The summed E-state index contributed by atoms with van der Waals surface area (Å²) in [5.74, 6) is -1.15. The Hall–Kier alpha value is -2.50. The van der Waals surface area contributed by atoms with Crippen LogP contribution in [0.2, 0.25) is 0 Å². The summed E-state index contributed by atoms with van der Waals surface area (Å²) < 4.78 is 5.32. The highest BCUT2D eigenvalue weighted by Crippen LogP contribution is 2.87. The van der Waals surface area contributed by atoms with Crippen LogP contribution >= 0.6 is 0 Å². The van der Waals surface area contributed by atoms with Gasteiger partial charge in [-0.3, -0.25) is 9.59 Å². The standard InChI is InChI=1S/C56H76O9/c1-31(58)33-23-34-26-38-32(24-36(34)37(25-33)41(59)10-8-22-65-6)13-18-52-19-15-43-50(4,47(63)29-57)45(61)16-20-54(38,43)48(52)42(60)27-39-40-28-49(2,3)30-53-17-7-9-35(53)14-21-55(64)44(51(39,52)5)11-12-46(62)56(40,53)55/h14,21,23-27,31-32,35,38,40,43-48,57-58,61-64H,7-13,15-20,22,28-30H2,1-6H3/t31-,32+,35+,38+,40+,43+,44-,45-,46-,47+,48-,50-,51-,52+,53+,54+,55-,56-/m0/s1. The van der Waals surface area contributed by atoms with Gasteiger partial charge in [-0.15, -0.1) is 0 Å². The minimum atomic E-state index is -1.28. The molecule has 3 spiro atoms. The minimum Gasteiger partial charge on any atom is -0.394 e. The molecule has 10 aliphatic rings. The summed E-state index contributed by atoms with van der Waals surface area (Å²) in [6.07, 6.45) is 18.4. The Labute approximate surface area is 385 Å². The zero-order valence-electron chi connectivity index (χ0n) is 39.8. The fourth-order valence-electron chi connectivity index (χ4n) is 20.5. The van der Waals surface area contributed by atoms with Gasteiger partial charge in [0.25, 0.3) is 0 Å². The van der Waals surface area contributed by atoms with Gasteiger partial charge >= 0.3 is 0 Å². The van der Waals surface area contributed by atoms with Gasteiger partial charge in [-0.05, 0) is 176 Å². The van der Waals surface area contributed by atoms with Crippen molar-refractivity contribution in [2.75, 3.05) is 20.3 Å². The van der Waals surface area contributed by atoms with Gasteiger partial charge in [0, 0.05) is 53.8 Å². The third-order valence-corrected chi connectivity index (χ3v) is 22.4. The van der Waals surface area contributed by atoms with Crippen LogP contribution in [0, 0.1) is 79.3 Å². The lowest BCUT2D eigenvalue weighted by Gasteiger charge is -2.81. The third kappa shape index (κ3) is 5.21. The van der Waals surface area contributed by atoms with Crippen molar-refractivity contribution in [3.8, 4) is 0 Å². The van der Waals surface area contributed by atoms with Gasteiger partial charge in [-0.25, -0.2) is 0 Å². The molecule has 0 aromatic heterocycles. The molecule has 6 N–H and O–H groups in total. The van der Waals surface area contributed by atoms with E-state index in [-0.39, 0.29) is 57.9 Å². The van der Waals surface area contributed by atoms with Gasteiger partial charge in [0.15, 0.2) is 11.6 Å². The Kier molecular flexibility index (Phi) is 10.0. The number of carbonyl (C=O) groups excluding carboxylic acids is 2. The predicted molar refractivity (Wildman–Crippen MR) is 247 cm³/mol. The van der Waals surface area contributed by atoms with Crippen molar-refractivity contribution in [3.05, 3.63) is 57.5 Å². The molecule has 0 saturated heterocycles. The summed E-state index contributed by atoms with van der Waals surface area (Å²) in [7, 11) is 1.64. The molecule has 0 radical (unpaired) electrons. The number of benzene rings is 1. The van der Waals surface area contributed by atoms with Gasteiger partial charge in [0.2, 0.25) is 0 Å². The average Bonchev–Trinajstić information content (AvgIpc) is 3.64. The average molecular weight is 893 g/mol. The van der Waals surface area contributed by atoms with Crippen LogP contribution in [0.25, 0.3) is 12.2 Å². The molecule has 10 aliphatic carbocycles. The van der Waals surface area contributed by atoms with Crippen molar-refractivity contribution in [2.24, 2.45) is 79.3 Å². The summed E-state index contributed by atoms with van der Waals surface area (Å²) in [4.78, 5) is 30.6. The Morgan fingerprint density at radius 2 is 1.68 bits per heavy atom. The van der Waals surface area contributed by atoms with Crippen molar-refractivity contribution in [1.29, 1.82) is 0 Å². The lowest BCUT2D eigenvalue weighted by atomic mass is 9.23. The molecule has 18 atom stereocenters. The largest absolute Gasteiger partial charge is 0.394 e. The molecule has 1 aromatic rings. The molecule has 11 rings (SSSR count). The molecular weight excluding hydrogens is 817 g/mol. The highest BCUT2D eigenvalue weighted by Gasteiger charge is 2.86. The number of ether oxygens (including phenoxy) is 1. The van der Waals surface area contributed by atoms with Crippen LogP contribution in [0.4, 0.5) is 0 Å². The molecule has 4 bridgehead atoms. The Balaban J connectivity index is 1.18. The summed E-state index contributed by atoms with van der Waals surface area (Å²) in [6, 6.07) is 3.88. The van der Waals surface area contributed by atoms with E-state index in [1.807, 2.05) is 19.1 Å². The van der Waals surface area contributed by atoms with Crippen LogP contribution in [0.3, 0.4) is 0 Å². The normalized spacial score (nSPS) is 49.1. The lowest BCUT2D eigenvalue weighted by Crippen LogP contribution is -2.82. The number of hydrogen-bond donors (Lipinski definition) is 6. The van der Waals surface area contributed by atoms with Crippen molar-refractivity contribution < 1.29 is 45.0 Å². The summed E-state index contributed by atoms with van der Waals surface area (Å²) >= 11 is 0. The van der Waals surface area contributed by atoms with Crippen LogP contribution in [0.5, 0.6) is 0 Å². The molecule has 9 heteroatoms. The topological polar surface area (TPSA) is 165 Å². The van der Waals surface area contributed by atoms with Crippen molar-refractivity contribution >= 4 is 23.7 Å². The monoisotopic (exact) mass is 893 g/mol. The van der Waals surface area contributed by atoms with E-state index in [2.05, 4.69) is 51.2 Å². The number of fused-ring (bicyclic) bond motifs is 5. The number of carbonyl (C=O) groups is 2. The quantitative estimate of drug-likeness (QED) is 0.100. The van der Waals surface area contributed by atoms with E-state index < -0.39 is 69.6 Å². The highest BCUT2D eigenvalue weighted by atomic mass is 16.5. The van der Waals surface area contributed by atoms with Gasteiger partial charge in [-0.2, -0.15) is 0 Å². The van der Waals surface area contributed by atoms with E-state index in [1.165, 1.54) is 5.57 Å². The van der Waals surface area contributed by atoms with Crippen molar-refractivity contribution in [2.45, 2.75) is 161 Å². The number of Topliss-reactive ketones (excluding diaryl/α,β-unsaturated/α-hetero) is 1. The lowest BCUT2D eigenvalue weighted by molar-refractivity contribution is -0.339. The number of allylic oxidation sites excluding steroid dienone is 3. The summed E-state index contributed by atoms with van der Waals surface area (Å²) in [6.45, 7) is 10.8. The maximum absolute atomic E-state index is 16.4. The number of ketones is 2. The SMILES string of the molecule is COCCCC(=O)c1cc([C@H](C)O)cc2c1=C[C@H]1CC[C@@]34CC[C@@H]5[C@](C)([C@H](O)CO)[C@@H](O)CC[C@]5([C@@H]1C=2)[C@H]3C(=O)C=C1[C@H]2CC(C)(C)C[C@]35CCC[C@@H]3C=C[C@]3(O)[C@@H](CC[C@H](O)[C@@]253)[C@]14C. The van der Waals surface area contributed by atoms with Crippen LogP contribution in [0.15, 0.2) is 35.9 Å². The second-order valence-corrected chi connectivity index (χ2v) is 24.9.